The van der Waals surface area contributed by atoms with Gasteiger partial charge in [0, 0.05) is 39.7 Å². The molecule has 202 valence electrons. The number of halogens is 2. The van der Waals surface area contributed by atoms with Crippen LogP contribution in [0, 0.1) is 17.0 Å². The van der Waals surface area contributed by atoms with E-state index in [1.165, 1.54) is 38.3 Å². The number of carbonyl (C=O) groups is 1. The molecule has 0 aromatic heterocycles. The number of rotatable bonds is 12. The number of ether oxygens (including phenoxy) is 1. The molecule has 0 atom stereocenters. The van der Waals surface area contributed by atoms with Crippen LogP contribution in [-0.4, -0.2) is 45.2 Å². The molecule has 3 rings (SSSR count). The van der Waals surface area contributed by atoms with E-state index in [2.05, 4.69) is 5.32 Å². The molecule has 0 bridgehead atoms. The van der Waals surface area contributed by atoms with Crippen molar-refractivity contribution in [2.45, 2.75) is 17.6 Å². The lowest BCUT2D eigenvalue weighted by Gasteiger charge is -2.24. The Balaban J connectivity index is 1.73. The average molecular weight is 599 g/mol. The largest absolute Gasteiger partial charge is 0.497 e. The van der Waals surface area contributed by atoms with E-state index in [-0.39, 0.29) is 16.3 Å². The van der Waals surface area contributed by atoms with Crippen LogP contribution < -0.4 is 14.4 Å². The van der Waals surface area contributed by atoms with Crippen molar-refractivity contribution in [1.82, 2.24) is 5.32 Å². The van der Waals surface area contributed by atoms with Crippen molar-refractivity contribution in [2.24, 2.45) is 0 Å². The number of hydrogen-bond donors (Lipinski definition) is 1. The first kappa shape index (κ1) is 29.6. The van der Waals surface area contributed by atoms with Gasteiger partial charge >= 0.3 is 0 Å². The molecule has 38 heavy (non-hydrogen) atoms. The number of amides is 1. The van der Waals surface area contributed by atoms with Crippen LogP contribution in [0.5, 0.6) is 5.75 Å². The van der Waals surface area contributed by atoms with Gasteiger partial charge in [-0.25, -0.2) is 8.42 Å². The van der Waals surface area contributed by atoms with Crippen molar-refractivity contribution < 1.29 is 22.9 Å². The van der Waals surface area contributed by atoms with Crippen LogP contribution in [0.15, 0.2) is 65.6 Å². The highest BCUT2D eigenvalue weighted by atomic mass is 35.5. The minimum absolute atomic E-state index is 0.205. The van der Waals surface area contributed by atoms with Gasteiger partial charge in [-0.05, 0) is 55.0 Å². The quantitative estimate of drug-likeness (QED) is 0.167. The molecular weight excluding hydrogens is 573 g/mol. The molecule has 3 aromatic carbocycles. The van der Waals surface area contributed by atoms with Gasteiger partial charge in [0.15, 0.2) is 0 Å². The molecule has 0 spiro atoms. The minimum Gasteiger partial charge on any atom is -0.497 e. The van der Waals surface area contributed by atoms with E-state index < -0.39 is 27.4 Å². The molecular formula is C25H25Cl2N3O6S2. The van der Waals surface area contributed by atoms with Crippen LogP contribution in [0.25, 0.3) is 0 Å². The number of thioether (sulfide) groups is 1. The zero-order chi connectivity index (χ0) is 27.9. The second-order valence-corrected chi connectivity index (χ2v) is 11.9. The number of nitro groups is 1. The van der Waals surface area contributed by atoms with Gasteiger partial charge in [-0.3, -0.25) is 19.2 Å². The predicted molar refractivity (Wildman–Crippen MR) is 151 cm³/mol. The van der Waals surface area contributed by atoms with Crippen LogP contribution in [0.4, 0.5) is 11.4 Å². The Hall–Kier alpha value is -2.99. The summed E-state index contributed by atoms with van der Waals surface area (Å²) in [6.07, 6.45) is 0. The monoisotopic (exact) mass is 597 g/mol. The Bertz CT molecular complexity index is 1420. The van der Waals surface area contributed by atoms with E-state index in [1.807, 2.05) is 6.07 Å². The van der Waals surface area contributed by atoms with Gasteiger partial charge in [-0.2, -0.15) is 11.8 Å². The summed E-state index contributed by atoms with van der Waals surface area (Å²) in [5, 5.41) is 15.2. The summed E-state index contributed by atoms with van der Waals surface area (Å²) in [4.78, 5) is 23.2. The Morgan fingerprint density at radius 1 is 1.11 bits per heavy atom. The molecule has 13 heteroatoms. The maximum atomic E-state index is 13.6. The SMILES string of the molecule is COc1ccc(N(CC(=O)NCCSCc2ccc(Cl)cc2Cl)S(=O)(=O)c2ccc(C)c([N+](=O)[O-])c2)cc1. The highest BCUT2D eigenvalue weighted by Crippen LogP contribution is 2.29. The van der Waals surface area contributed by atoms with Gasteiger partial charge in [-0.1, -0.05) is 35.3 Å². The molecule has 0 unspecified atom stereocenters. The third-order valence-electron chi connectivity index (χ3n) is 5.45. The molecule has 3 aromatic rings. The molecule has 9 nitrogen and oxygen atoms in total. The van der Waals surface area contributed by atoms with Crippen molar-refractivity contribution in [3.05, 3.63) is 92.0 Å². The Morgan fingerprint density at radius 3 is 2.45 bits per heavy atom. The molecule has 0 radical (unpaired) electrons. The number of benzene rings is 3. The van der Waals surface area contributed by atoms with Crippen LogP contribution in [0.1, 0.15) is 11.1 Å². The van der Waals surface area contributed by atoms with E-state index >= 15 is 0 Å². The third-order valence-corrected chi connectivity index (χ3v) is 8.82. The number of sulfonamides is 1. The van der Waals surface area contributed by atoms with E-state index in [0.29, 0.717) is 39.4 Å². The van der Waals surface area contributed by atoms with Crippen molar-refractivity contribution in [1.29, 1.82) is 0 Å². The molecule has 0 aliphatic heterocycles. The van der Waals surface area contributed by atoms with Crippen molar-refractivity contribution >= 4 is 62.3 Å². The zero-order valence-electron chi connectivity index (χ0n) is 20.5. The normalized spacial score (nSPS) is 11.2. The third kappa shape index (κ3) is 7.53. The van der Waals surface area contributed by atoms with E-state index in [0.717, 1.165) is 15.9 Å². The highest BCUT2D eigenvalue weighted by Gasteiger charge is 2.29. The number of carbonyl (C=O) groups excluding carboxylic acids is 1. The number of nitro benzene ring substituents is 1. The molecule has 0 saturated carbocycles. The summed E-state index contributed by atoms with van der Waals surface area (Å²) >= 11 is 13.6. The number of hydrogen-bond acceptors (Lipinski definition) is 7. The van der Waals surface area contributed by atoms with Crippen LogP contribution in [-0.2, 0) is 20.6 Å². The molecule has 1 N–H and O–H groups in total. The fourth-order valence-corrected chi connectivity index (χ4v) is 6.27. The average Bonchev–Trinajstić information content (AvgIpc) is 2.88. The highest BCUT2D eigenvalue weighted by molar-refractivity contribution is 7.98. The van der Waals surface area contributed by atoms with Gasteiger partial charge in [0.25, 0.3) is 15.7 Å². The van der Waals surface area contributed by atoms with Crippen LogP contribution in [0.3, 0.4) is 0 Å². The molecule has 0 aliphatic carbocycles. The Kier molecular flexibility index (Phi) is 10.3. The first-order valence-corrected chi connectivity index (χ1v) is 14.6. The van der Waals surface area contributed by atoms with Crippen molar-refractivity contribution in [3.63, 3.8) is 0 Å². The predicted octanol–water partition coefficient (Wildman–Crippen LogP) is 5.46. The Morgan fingerprint density at radius 2 is 1.82 bits per heavy atom. The zero-order valence-corrected chi connectivity index (χ0v) is 23.7. The van der Waals surface area contributed by atoms with Gasteiger partial charge in [0.1, 0.15) is 12.3 Å². The molecule has 1 amide bonds. The summed E-state index contributed by atoms with van der Waals surface area (Å²) in [5.74, 6) is 1.14. The van der Waals surface area contributed by atoms with Gasteiger partial charge in [0.2, 0.25) is 5.91 Å². The van der Waals surface area contributed by atoms with Crippen molar-refractivity contribution in [2.75, 3.05) is 30.3 Å². The first-order valence-electron chi connectivity index (χ1n) is 11.2. The number of nitrogens with zero attached hydrogens (tertiary/aromatic N) is 2. The number of anilines is 1. The lowest BCUT2D eigenvalue weighted by Crippen LogP contribution is -2.41. The lowest BCUT2D eigenvalue weighted by molar-refractivity contribution is -0.385. The summed E-state index contributed by atoms with van der Waals surface area (Å²) in [6, 6.07) is 15.0. The van der Waals surface area contributed by atoms with Crippen LogP contribution >= 0.6 is 35.0 Å². The lowest BCUT2D eigenvalue weighted by atomic mass is 10.2. The second-order valence-electron chi connectivity index (χ2n) is 8.05. The summed E-state index contributed by atoms with van der Waals surface area (Å²) in [6.45, 7) is 1.29. The molecule has 0 fully saturated rings. The molecule has 0 saturated heterocycles. The number of methoxy groups -OCH3 is 1. The summed E-state index contributed by atoms with van der Waals surface area (Å²) in [5.41, 5.74) is 1.11. The van der Waals surface area contributed by atoms with E-state index in [4.69, 9.17) is 27.9 Å². The first-order chi connectivity index (χ1) is 18.0. The van der Waals surface area contributed by atoms with Crippen molar-refractivity contribution in [3.8, 4) is 5.75 Å². The van der Waals surface area contributed by atoms with Gasteiger partial charge < -0.3 is 10.1 Å². The molecule has 0 heterocycles. The maximum Gasteiger partial charge on any atom is 0.273 e. The minimum atomic E-state index is -4.32. The van der Waals surface area contributed by atoms with Gasteiger partial charge in [-0.15, -0.1) is 0 Å². The maximum absolute atomic E-state index is 13.6. The fourth-order valence-electron chi connectivity index (χ4n) is 3.41. The Labute approximate surface area is 235 Å². The summed E-state index contributed by atoms with van der Waals surface area (Å²) < 4.78 is 33.2. The second kappa shape index (κ2) is 13.2. The topological polar surface area (TPSA) is 119 Å². The van der Waals surface area contributed by atoms with Gasteiger partial charge in [0.05, 0.1) is 22.6 Å². The summed E-state index contributed by atoms with van der Waals surface area (Å²) in [7, 11) is -2.85. The van der Waals surface area contributed by atoms with Crippen LogP contribution in [0.2, 0.25) is 10.0 Å². The smallest absolute Gasteiger partial charge is 0.273 e. The standard InChI is InChI=1S/C25H25Cl2N3O6S2/c1-17-3-10-22(14-24(17)30(32)33)38(34,35)29(20-6-8-21(36-2)9-7-20)15-25(31)28-11-12-37-16-18-4-5-19(26)13-23(18)27/h3-10,13-14H,11-12,15-16H2,1-2H3,(H,28,31). The number of nitrogens with one attached hydrogen (secondary N) is 1. The molecule has 0 aliphatic rings. The van der Waals surface area contributed by atoms with E-state index in [9.17, 15) is 23.3 Å². The number of aryl methyl sites for hydroxylation is 1. The fraction of sp³-hybridized carbons (Fsp3) is 0.240. The van der Waals surface area contributed by atoms with E-state index in [1.54, 1.807) is 36.0 Å².